The molecule has 0 radical (unpaired) electrons. The summed E-state index contributed by atoms with van der Waals surface area (Å²) in [6.07, 6.45) is 11.3. The molecule has 2 aliphatic carbocycles. The molecule has 3 atom stereocenters. The molecular formula is C16H24N2O3. The first kappa shape index (κ1) is 14.4. The maximum Gasteiger partial charge on any atom is 0.318 e. The zero-order valence-electron chi connectivity index (χ0n) is 12.3. The molecule has 5 nitrogen and oxygen atoms in total. The van der Waals surface area contributed by atoms with Crippen LogP contribution in [-0.2, 0) is 4.79 Å². The number of aliphatic carboxylic acids is 1. The van der Waals surface area contributed by atoms with Crippen LogP contribution in [0.3, 0.4) is 0 Å². The van der Waals surface area contributed by atoms with Crippen molar-refractivity contribution in [2.45, 2.75) is 57.0 Å². The van der Waals surface area contributed by atoms with Crippen LogP contribution in [0.2, 0.25) is 0 Å². The predicted molar refractivity (Wildman–Crippen MR) is 78.9 cm³/mol. The van der Waals surface area contributed by atoms with Gasteiger partial charge in [-0.1, -0.05) is 25.0 Å². The Kier molecular flexibility index (Phi) is 4.17. The Hall–Kier alpha value is -1.52. The van der Waals surface area contributed by atoms with Crippen molar-refractivity contribution >= 4 is 12.0 Å². The second-order valence-corrected chi connectivity index (χ2v) is 6.57. The van der Waals surface area contributed by atoms with E-state index in [0.717, 1.165) is 19.4 Å². The molecule has 116 valence electrons. The molecule has 0 aromatic rings. The Labute approximate surface area is 125 Å². The van der Waals surface area contributed by atoms with Crippen molar-refractivity contribution in [2.24, 2.45) is 11.8 Å². The molecular weight excluding hydrogens is 268 g/mol. The minimum atomic E-state index is -0.812. The summed E-state index contributed by atoms with van der Waals surface area (Å²) in [5.41, 5.74) is 0. The van der Waals surface area contributed by atoms with E-state index in [1.807, 2.05) is 11.0 Å². The first-order chi connectivity index (χ1) is 10.1. The fraction of sp³-hybridized carbons (Fsp3) is 0.750. The highest BCUT2D eigenvalue weighted by molar-refractivity contribution is 5.77. The molecule has 0 bridgehead atoms. The Bertz CT molecular complexity index is 443. The number of carboxylic acid groups (broad SMARTS) is 1. The van der Waals surface area contributed by atoms with Crippen LogP contribution in [0.15, 0.2) is 12.2 Å². The maximum atomic E-state index is 12.5. The Morgan fingerprint density at radius 3 is 2.52 bits per heavy atom. The van der Waals surface area contributed by atoms with Gasteiger partial charge in [0.15, 0.2) is 0 Å². The van der Waals surface area contributed by atoms with Gasteiger partial charge in [0.2, 0.25) is 0 Å². The second-order valence-electron chi connectivity index (χ2n) is 6.57. The van der Waals surface area contributed by atoms with Gasteiger partial charge in [-0.15, -0.1) is 0 Å². The lowest BCUT2D eigenvalue weighted by atomic mass is 9.96. The number of amides is 2. The maximum absolute atomic E-state index is 12.5. The van der Waals surface area contributed by atoms with Gasteiger partial charge in [-0.3, -0.25) is 4.79 Å². The molecule has 2 fully saturated rings. The largest absolute Gasteiger partial charge is 0.481 e. The van der Waals surface area contributed by atoms with E-state index in [-0.39, 0.29) is 12.1 Å². The highest BCUT2D eigenvalue weighted by Gasteiger charge is 2.37. The lowest BCUT2D eigenvalue weighted by Crippen LogP contribution is -2.48. The van der Waals surface area contributed by atoms with Crippen LogP contribution in [0, 0.1) is 11.8 Å². The topological polar surface area (TPSA) is 69.6 Å². The standard InChI is InChI=1S/C16H24N2O3/c19-15(20)12-7-8-13(10-12)17-16(21)18-9-3-6-14(18)11-4-1-2-5-11/h7-8,11-14H,1-6,9-10H2,(H,17,21)(H,19,20). The lowest BCUT2D eigenvalue weighted by molar-refractivity contribution is -0.140. The van der Waals surface area contributed by atoms with Gasteiger partial charge in [0.05, 0.1) is 12.0 Å². The lowest BCUT2D eigenvalue weighted by Gasteiger charge is -2.30. The summed E-state index contributed by atoms with van der Waals surface area (Å²) < 4.78 is 0. The highest BCUT2D eigenvalue weighted by atomic mass is 16.4. The molecule has 2 amide bonds. The zero-order chi connectivity index (χ0) is 14.8. The molecule has 1 saturated carbocycles. The van der Waals surface area contributed by atoms with Gasteiger partial charge in [0.1, 0.15) is 0 Å². The van der Waals surface area contributed by atoms with E-state index in [4.69, 9.17) is 5.11 Å². The molecule has 3 aliphatic rings. The van der Waals surface area contributed by atoms with Crippen molar-refractivity contribution in [3.8, 4) is 0 Å². The molecule has 21 heavy (non-hydrogen) atoms. The zero-order valence-corrected chi connectivity index (χ0v) is 12.3. The molecule has 3 rings (SSSR count). The van der Waals surface area contributed by atoms with Gasteiger partial charge < -0.3 is 15.3 Å². The van der Waals surface area contributed by atoms with Crippen molar-refractivity contribution in [3.05, 3.63) is 12.2 Å². The molecule has 1 aliphatic heterocycles. The number of urea groups is 1. The van der Waals surface area contributed by atoms with E-state index < -0.39 is 11.9 Å². The van der Waals surface area contributed by atoms with Gasteiger partial charge in [-0.2, -0.15) is 0 Å². The normalized spacial score (nSPS) is 32.8. The third kappa shape index (κ3) is 3.06. The molecule has 0 spiro atoms. The Morgan fingerprint density at radius 2 is 1.86 bits per heavy atom. The number of carbonyl (C=O) groups is 2. The molecule has 3 unspecified atom stereocenters. The average molecular weight is 292 g/mol. The third-order valence-corrected chi connectivity index (χ3v) is 5.21. The van der Waals surface area contributed by atoms with E-state index in [9.17, 15) is 9.59 Å². The number of carbonyl (C=O) groups excluding carboxylic acids is 1. The van der Waals surface area contributed by atoms with Crippen LogP contribution < -0.4 is 5.32 Å². The van der Waals surface area contributed by atoms with Gasteiger partial charge in [0.25, 0.3) is 0 Å². The van der Waals surface area contributed by atoms with Crippen LogP contribution in [0.5, 0.6) is 0 Å². The Morgan fingerprint density at radius 1 is 1.10 bits per heavy atom. The average Bonchev–Trinajstić information content (AvgIpc) is 3.19. The van der Waals surface area contributed by atoms with Gasteiger partial charge >= 0.3 is 12.0 Å². The minimum Gasteiger partial charge on any atom is -0.481 e. The van der Waals surface area contributed by atoms with Crippen molar-refractivity contribution in [2.75, 3.05) is 6.54 Å². The molecule has 2 N–H and O–H groups in total. The first-order valence-corrected chi connectivity index (χ1v) is 8.13. The molecule has 1 heterocycles. The summed E-state index contributed by atoms with van der Waals surface area (Å²) >= 11 is 0. The third-order valence-electron chi connectivity index (χ3n) is 5.21. The number of hydrogen-bond acceptors (Lipinski definition) is 2. The van der Waals surface area contributed by atoms with Crippen molar-refractivity contribution in [1.82, 2.24) is 10.2 Å². The number of nitrogens with one attached hydrogen (secondary N) is 1. The van der Waals surface area contributed by atoms with Crippen molar-refractivity contribution < 1.29 is 14.7 Å². The van der Waals surface area contributed by atoms with E-state index in [2.05, 4.69) is 5.32 Å². The van der Waals surface area contributed by atoms with Crippen molar-refractivity contribution in [1.29, 1.82) is 0 Å². The molecule has 5 heteroatoms. The number of likely N-dealkylation sites (tertiary alicyclic amines) is 1. The summed E-state index contributed by atoms with van der Waals surface area (Å²) in [5.74, 6) is -0.600. The van der Waals surface area contributed by atoms with Gasteiger partial charge in [-0.05, 0) is 38.0 Å². The van der Waals surface area contributed by atoms with Gasteiger partial charge in [-0.25, -0.2) is 4.79 Å². The van der Waals surface area contributed by atoms with Crippen LogP contribution in [-0.4, -0.2) is 40.6 Å². The quantitative estimate of drug-likeness (QED) is 0.785. The summed E-state index contributed by atoms with van der Waals surface area (Å²) in [6.45, 7) is 0.839. The Balaban J connectivity index is 1.55. The fourth-order valence-electron chi connectivity index (χ4n) is 4.11. The number of carboxylic acids is 1. The molecule has 0 aromatic carbocycles. The van der Waals surface area contributed by atoms with E-state index >= 15 is 0 Å². The summed E-state index contributed by atoms with van der Waals surface area (Å²) in [6, 6.07) is 0.252. The van der Waals surface area contributed by atoms with Crippen LogP contribution in [0.4, 0.5) is 4.79 Å². The minimum absolute atomic E-state index is 0.00918. The first-order valence-electron chi connectivity index (χ1n) is 8.13. The SMILES string of the molecule is O=C(O)C1C=CC(NC(=O)N2CCCC2C2CCCC2)C1. The molecule has 0 aromatic heterocycles. The molecule has 1 saturated heterocycles. The van der Waals surface area contributed by atoms with Crippen LogP contribution >= 0.6 is 0 Å². The number of nitrogens with zero attached hydrogens (tertiary/aromatic N) is 1. The predicted octanol–water partition coefficient (Wildman–Crippen LogP) is 2.38. The summed E-state index contributed by atoms with van der Waals surface area (Å²) in [4.78, 5) is 25.4. The summed E-state index contributed by atoms with van der Waals surface area (Å²) in [7, 11) is 0. The van der Waals surface area contributed by atoms with Crippen LogP contribution in [0.25, 0.3) is 0 Å². The highest BCUT2D eigenvalue weighted by Crippen LogP contribution is 2.35. The van der Waals surface area contributed by atoms with Gasteiger partial charge in [0, 0.05) is 12.6 Å². The van der Waals surface area contributed by atoms with Crippen LogP contribution in [0.1, 0.15) is 44.9 Å². The van der Waals surface area contributed by atoms with Crippen molar-refractivity contribution in [3.63, 3.8) is 0 Å². The number of hydrogen-bond donors (Lipinski definition) is 2. The van der Waals surface area contributed by atoms with E-state index in [0.29, 0.717) is 18.4 Å². The monoisotopic (exact) mass is 292 g/mol. The van der Waals surface area contributed by atoms with E-state index in [1.165, 1.54) is 25.7 Å². The second kappa shape index (κ2) is 6.08. The fourth-order valence-corrected chi connectivity index (χ4v) is 4.11. The smallest absolute Gasteiger partial charge is 0.318 e. The van der Waals surface area contributed by atoms with E-state index in [1.54, 1.807) is 6.08 Å². The summed E-state index contributed by atoms with van der Waals surface area (Å²) in [5, 5.41) is 12.0. The number of rotatable bonds is 3.